The first kappa shape index (κ1) is 25.8. The molecule has 142 valence electrons. The third kappa shape index (κ3) is 17.2. The second kappa shape index (κ2) is 18.9. The molecular weight excluding hydrogens is 332 g/mol. The fourth-order valence-electron chi connectivity index (χ4n) is 1.35. The predicted octanol–water partition coefficient (Wildman–Crippen LogP) is 6.75. The van der Waals surface area contributed by atoms with E-state index in [-0.39, 0.29) is 5.97 Å². The first-order valence-corrected chi connectivity index (χ1v) is 8.29. The molecule has 0 aliphatic heterocycles. The fraction of sp³-hybridized carbons (Fsp3) is 0.0800. The van der Waals surface area contributed by atoms with Crippen LogP contribution in [0.2, 0.25) is 0 Å². The average molecular weight is 363 g/mol. The van der Waals surface area contributed by atoms with E-state index >= 15 is 0 Å². The van der Waals surface area contributed by atoms with Crippen molar-refractivity contribution in [3.63, 3.8) is 0 Å². The molecule has 0 fully saturated rings. The minimum absolute atomic E-state index is 0.347. The summed E-state index contributed by atoms with van der Waals surface area (Å²) in [5.74, 6) is -0.347. The van der Waals surface area contributed by atoms with Gasteiger partial charge in [-0.05, 0) is 18.1 Å². The molecule has 0 unspecified atom stereocenters. The summed E-state index contributed by atoms with van der Waals surface area (Å²) in [6.07, 6.45) is 6.94. The summed E-state index contributed by atoms with van der Waals surface area (Å²) in [7, 11) is 1.33. The Morgan fingerprint density at radius 3 is 1.22 bits per heavy atom. The minimum atomic E-state index is -0.347. The minimum Gasteiger partial charge on any atom is -0.466 e. The Hall–Kier alpha value is -3.39. The van der Waals surface area contributed by atoms with Gasteiger partial charge < -0.3 is 4.74 Å². The van der Waals surface area contributed by atoms with Gasteiger partial charge in [-0.1, -0.05) is 118 Å². The number of esters is 1. The summed E-state index contributed by atoms with van der Waals surface area (Å²) in [4.78, 5) is 10.2. The normalized spacial score (nSPS) is 7.78. The lowest BCUT2D eigenvalue weighted by atomic mass is 10.2. The van der Waals surface area contributed by atoms with Gasteiger partial charge in [0.2, 0.25) is 0 Å². The van der Waals surface area contributed by atoms with Crippen LogP contribution in [0, 0.1) is 0 Å². The van der Waals surface area contributed by atoms with Gasteiger partial charge in [-0.15, -0.1) is 0 Å². The Bertz CT molecular complexity index is 633. The Labute approximate surface area is 164 Å². The smallest absolute Gasteiger partial charge is 0.332 e. The standard InChI is InChI=1S/2C8H8.C5H8O2.C4H6/c2*1-2-8-6-4-3-5-7-8;1-4(2)5(6)7-3;1-3-4-2/h2*2-7H,1H2;1H2,2-3H3;3-4H,1-2H2. The maximum atomic E-state index is 10.2. The SMILES string of the molecule is C=C(C)C(=O)OC.C=CC=C.C=Cc1ccccc1.C=Cc1ccccc1. The van der Waals surface area contributed by atoms with Crippen molar-refractivity contribution in [2.24, 2.45) is 0 Å². The molecule has 0 saturated carbocycles. The molecule has 0 aromatic heterocycles. The highest BCUT2D eigenvalue weighted by atomic mass is 16.5. The lowest BCUT2D eigenvalue weighted by molar-refractivity contribution is -0.136. The summed E-state index contributed by atoms with van der Waals surface area (Å²) in [6, 6.07) is 20.1. The van der Waals surface area contributed by atoms with Crippen LogP contribution in [0.15, 0.2) is 111 Å². The molecule has 27 heavy (non-hydrogen) atoms. The molecule has 2 nitrogen and oxygen atoms in total. The van der Waals surface area contributed by atoms with Crippen molar-refractivity contribution in [2.75, 3.05) is 7.11 Å². The summed E-state index contributed by atoms with van der Waals surface area (Å²) in [5, 5.41) is 0. The van der Waals surface area contributed by atoms with Crippen LogP contribution in [0.5, 0.6) is 0 Å². The van der Waals surface area contributed by atoms with Crippen LogP contribution in [0.25, 0.3) is 12.2 Å². The monoisotopic (exact) mass is 362 g/mol. The molecule has 0 heterocycles. The van der Waals surface area contributed by atoms with E-state index in [1.807, 2.05) is 72.8 Å². The van der Waals surface area contributed by atoms with Crippen LogP contribution in [0.1, 0.15) is 18.1 Å². The third-order valence-electron chi connectivity index (χ3n) is 2.77. The van der Waals surface area contributed by atoms with Gasteiger partial charge in [-0.2, -0.15) is 0 Å². The van der Waals surface area contributed by atoms with Gasteiger partial charge in [0, 0.05) is 5.57 Å². The molecule has 0 saturated heterocycles. The molecule has 0 spiro atoms. The molecule has 0 aliphatic carbocycles. The van der Waals surface area contributed by atoms with Crippen molar-refractivity contribution in [3.05, 3.63) is 122 Å². The summed E-state index contributed by atoms with van der Waals surface area (Å²) >= 11 is 0. The number of ether oxygens (including phenoxy) is 1. The Balaban J connectivity index is 0. The lowest BCUT2D eigenvalue weighted by Gasteiger charge is -1.91. The van der Waals surface area contributed by atoms with E-state index in [1.165, 1.54) is 18.2 Å². The van der Waals surface area contributed by atoms with Crippen molar-refractivity contribution in [1.29, 1.82) is 0 Å². The maximum absolute atomic E-state index is 10.2. The van der Waals surface area contributed by atoms with Gasteiger partial charge in [-0.25, -0.2) is 4.79 Å². The van der Waals surface area contributed by atoms with Gasteiger partial charge >= 0.3 is 5.97 Å². The number of carbonyl (C=O) groups is 1. The zero-order chi connectivity index (χ0) is 20.9. The lowest BCUT2D eigenvalue weighted by Crippen LogP contribution is -1.98. The second-order valence-corrected chi connectivity index (χ2v) is 4.97. The van der Waals surface area contributed by atoms with Crippen LogP contribution >= 0.6 is 0 Å². The number of benzene rings is 2. The number of rotatable bonds is 4. The summed E-state index contributed by atoms with van der Waals surface area (Å²) in [5.41, 5.74) is 2.78. The van der Waals surface area contributed by atoms with Crippen LogP contribution in [0.4, 0.5) is 0 Å². The van der Waals surface area contributed by atoms with E-state index in [9.17, 15) is 4.79 Å². The zero-order valence-electron chi connectivity index (χ0n) is 16.4. The first-order chi connectivity index (χ1) is 13.0. The largest absolute Gasteiger partial charge is 0.466 e. The number of allylic oxidation sites excluding steroid dienone is 2. The van der Waals surface area contributed by atoms with Crippen molar-refractivity contribution < 1.29 is 9.53 Å². The highest BCUT2D eigenvalue weighted by Gasteiger charge is 1.95. The van der Waals surface area contributed by atoms with Crippen molar-refractivity contribution in [2.45, 2.75) is 6.92 Å². The quantitative estimate of drug-likeness (QED) is 0.341. The highest BCUT2D eigenvalue weighted by molar-refractivity contribution is 5.86. The number of methoxy groups -OCH3 is 1. The van der Waals surface area contributed by atoms with E-state index in [2.05, 4.69) is 37.6 Å². The average Bonchev–Trinajstić information content (AvgIpc) is 2.75. The summed E-state index contributed by atoms with van der Waals surface area (Å²) < 4.78 is 4.27. The molecule has 2 heteroatoms. The molecule has 0 amide bonds. The van der Waals surface area contributed by atoms with Crippen molar-refractivity contribution >= 4 is 18.1 Å². The van der Waals surface area contributed by atoms with E-state index < -0.39 is 0 Å². The molecule has 0 radical (unpaired) electrons. The van der Waals surface area contributed by atoms with Crippen LogP contribution in [0.3, 0.4) is 0 Å². The molecule has 0 aliphatic rings. The van der Waals surface area contributed by atoms with Gasteiger partial charge in [0.05, 0.1) is 7.11 Å². The number of carbonyl (C=O) groups excluding carboxylic acids is 1. The highest BCUT2D eigenvalue weighted by Crippen LogP contribution is 1.98. The second-order valence-electron chi connectivity index (χ2n) is 4.97. The zero-order valence-corrected chi connectivity index (χ0v) is 16.4. The number of hydrogen-bond acceptors (Lipinski definition) is 2. The molecule has 0 bridgehead atoms. The van der Waals surface area contributed by atoms with E-state index in [1.54, 1.807) is 19.1 Å². The molecule has 2 aromatic carbocycles. The third-order valence-corrected chi connectivity index (χ3v) is 2.77. The van der Waals surface area contributed by atoms with Crippen LogP contribution in [-0.2, 0) is 9.53 Å². The maximum Gasteiger partial charge on any atom is 0.332 e. The molecule has 2 aromatic rings. The van der Waals surface area contributed by atoms with Crippen LogP contribution in [-0.4, -0.2) is 13.1 Å². The Morgan fingerprint density at radius 1 is 0.778 bits per heavy atom. The molecule has 0 N–H and O–H groups in total. The van der Waals surface area contributed by atoms with Crippen molar-refractivity contribution in [3.8, 4) is 0 Å². The van der Waals surface area contributed by atoms with E-state index in [4.69, 9.17) is 0 Å². The van der Waals surface area contributed by atoms with E-state index in [0.717, 1.165) is 0 Å². The fourth-order valence-corrected chi connectivity index (χ4v) is 1.35. The van der Waals surface area contributed by atoms with Gasteiger partial charge in [0.1, 0.15) is 0 Å². The van der Waals surface area contributed by atoms with Gasteiger partial charge in [0.15, 0.2) is 0 Å². The van der Waals surface area contributed by atoms with Crippen LogP contribution < -0.4 is 0 Å². The molecule has 0 atom stereocenters. The number of hydrogen-bond donors (Lipinski definition) is 0. The molecule has 2 rings (SSSR count). The molecular formula is C25H30O2. The van der Waals surface area contributed by atoms with E-state index in [0.29, 0.717) is 5.57 Å². The Morgan fingerprint density at radius 2 is 1.11 bits per heavy atom. The van der Waals surface area contributed by atoms with Gasteiger partial charge in [-0.3, -0.25) is 0 Å². The first-order valence-electron chi connectivity index (χ1n) is 8.29. The predicted molar refractivity (Wildman–Crippen MR) is 120 cm³/mol. The van der Waals surface area contributed by atoms with Gasteiger partial charge in [0.25, 0.3) is 0 Å². The van der Waals surface area contributed by atoms with Crippen molar-refractivity contribution in [1.82, 2.24) is 0 Å². The summed E-state index contributed by atoms with van der Waals surface area (Å²) in [6.45, 7) is 18.9. The topological polar surface area (TPSA) is 26.3 Å². The Kier molecular flexibility index (Phi) is 18.1.